The maximum Gasteiger partial charge on any atom is 0.0449 e. The van der Waals surface area contributed by atoms with Crippen molar-refractivity contribution >= 4 is 11.3 Å². The average molecular weight is 233 g/mol. The van der Waals surface area contributed by atoms with Crippen LogP contribution in [0, 0.1) is 17.8 Å². The molecule has 4 atom stereocenters. The molecule has 0 radical (unpaired) electrons. The summed E-state index contributed by atoms with van der Waals surface area (Å²) in [5.41, 5.74) is 1.64. The summed E-state index contributed by atoms with van der Waals surface area (Å²) in [7, 11) is 0. The fourth-order valence-corrected chi connectivity index (χ4v) is 5.44. The van der Waals surface area contributed by atoms with Gasteiger partial charge in [0.25, 0.3) is 0 Å². The normalized spacial score (nSPS) is 41.2. The molecule has 0 amide bonds. The molecule has 16 heavy (non-hydrogen) atoms. The van der Waals surface area contributed by atoms with Crippen molar-refractivity contribution in [2.24, 2.45) is 17.8 Å². The van der Waals surface area contributed by atoms with Crippen molar-refractivity contribution < 1.29 is 0 Å². The van der Waals surface area contributed by atoms with Crippen LogP contribution in [-0.4, -0.2) is 6.54 Å². The average Bonchev–Trinajstić information content (AvgIpc) is 3.03. The molecule has 1 aromatic rings. The Labute approximate surface area is 101 Å². The highest BCUT2D eigenvalue weighted by Crippen LogP contribution is 2.53. The molecule has 2 heteroatoms. The largest absolute Gasteiger partial charge is 0.309 e. The first-order valence-electron chi connectivity index (χ1n) is 6.71. The zero-order valence-corrected chi connectivity index (χ0v) is 10.4. The SMILES string of the molecule is c1cc2c(s1)C(C1CC3CCC1C3)NCC2. The summed E-state index contributed by atoms with van der Waals surface area (Å²) in [4.78, 5) is 1.67. The minimum absolute atomic E-state index is 0.707. The molecule has 0 saturated heterocycles. The summed E-state index contributed by atoms with van der Waals surface area (Å²) in [5, 5.41) is 6.09. The van der Waals surface area contributed by atoms with Crippen LogP contribution in [0.1, 0.15) is 42.2 Å². The third kappa shape index (κ3) is 1.32. The van der Waals surface area contributed by atoms with Crippen LogP contribution in [-0.2, 0) is 6.42 Å². The van der Waals surface area contributed by atoms with E-state index in [4.69, 9.17) is 0 Å². The van der Waals surface area contributed by atoms with E-state index in [1.807, 2.05) is 11.3 Å². The lowest BCUT2D eigenvalue weighted by molar-refractivity contribution is 0.247. The van der Waals surface area contributed by atoms with Gasteiger partial charge in [0.1, 0.15) is 0 Å². The monoisotopic (exact) mass is 233 g/mol. The smallest absolute Gasteiger partial charge is 0.0449 e. The number of hydrogen-bond donors (Lipinski definition) is 1. The fourth-order valence-electron chi connectivity index (χ4n) is 4.33. The van der Waals surface area contributed by atoms with Gasteiger partial charge in [-0.25, -0.2) is 0 Å². The summed E-state index contributed by atoms with van der Waals surface area (Å²) in [6.07, 6.45) is 7.30. The lowest BCUT2D eigenvalue weighted by atomic mass is 9.81. The van der Waals surface area contributed by atoms with Crippen molar-refractivity contribution in [2.75, 3.05) is 6.54 Å². The van der Waals surface area contributed by atoms with Gasteiger partial charge in [-0.2, -0.15) is 0 Å². The molecule has 1 N–H and O–H groups in total. The van der Waals surface area contributed by atoms with Crippen LogP contribution in [0.4, 0.5) is 0 Å². The lowest BCUT2D eigenvalue weighted by Crippen LogP contribution is -2.35. The Hall–Kier alpha value is -0.340. The van der Waals surface area contributed by atoms with Crippen LogP contribution < -0.4 is 5.32 Å². The van der Waals surface area contributed by atoms with Gasteiger partial charge >= 0.3 is 0 Å². The van der Waals surface area contributed by atoms with Gasteiger partial charge in [0.05, 0.1) is 0 Å². The van der Waals surface area contributed by atoms with Crippen LogP contribution in [0.5, 0.6) is 0 Å². The third-order valence-corrected chi connectivity index (χ3v) is 6.08. The fraction of sp³-hybridized carbons (Fsp3) is 0.714. The zero-order valence-electron chi connectivity index (χ0n) is 9.61. The molecule has 4 rings (SSSR count). The van der Waals surface area contributed by atoms with E-state index >= 15 is 0 Å². The van der Waals surface area contributed by atoms with E-state index in [0.717, 1.165) is 17.8 Å². The summed E-state index contributed by atoms with van der Waals surface area (Å²) in [5.74, 6) is 3.06. The molecule has 1 aliphatic heterocycles. The molecule has 0 spiro atoms. The molecule has 2 bridgehead atoms. The summed E-state index contributed by atoms with van der Waals surface area (Å²) < 4.78 is 0. The maximum absolute atomic E-state index is 3.80. The number of hydrogen-bond acceptors (Lipinski definition) is 2. The second-order valence-electron chi connectivity index (χ2n) is 5.83. The van der Waals surface area contributed by atoms with Gasteiger partial charge in [0.2, 0.25) is 0 Å². The highest BCUT2D eigenvalue weighted by molar-refractivity contribution is 7.10. The molecule has 0 aromatic carbocycles. The van der Waals surface area contributed by atoms with E-state index < -0.39 is 0 Å². The van der Waals surface area contributed by atoms with Gasteiger partial charge in [-0.15, -0.1) is 11.3 Å². The third-order valence-electron chi connectivity index (χ3n) is 5.04. The van der Waals surface area contributed by atoms with Crippen molar-refractivity contribution in [3.8, 4) is 0 Å². The topological polar surface area (TPSA) is 12.0 Å². The summed E-state index contributed by atoms with van der Waals surface area (Å²) in [6.45, 7) is 1.20. The molecule has 2 heterocycles. The van der Waals surface area contributed by atoms with Crippen molar-refractivity contribution in [3.63, 3.8) is 0 Å². The molecule has 4 unspecified atom stereocenters. The molecule has 3 aliphatic rings. The van der Waals surface area contributed by atoms with Gasteiger partial charge in [0.15, 0.2) is 0 Å². The first-order chi connectivity index (χ1) is 7.92. The van der Waals surface area contributed by atoms with E-state index in [-0.39, 0.29) is 0 Å². The Morgan fingerprint density at radius 1 is 1.25 bits per heavy atom. The van der Waals surface area contributed by atoms with Gasteiger partial charge in [-0.05, 0) is 67.0 Å². The molecule has 1 nitrogen and oxygen atoms in total. The Morgan fingerprint density at radius 2 is 2.25 bits per heavy atom. The first kappa shape index (κ1) is 9.67. The predicted molar refractivity (Wildman–Crippen MR) is 67.7 cm³/mol. The molecular weight excluding hydrogens is 214 g/mol. The van der Waals surface area contributed by atoms with Crippen molar-refractivity contribution in [2.45, 2.75) is 38.1 Å². The second kappa shape index (κ2) is 3.58. The van der Waals surface area contributed by atoms with E-state index in [2.05, 4.69) is 16.8 Å². The maximum atomic E-state index is 3.80. The predicted octanol–water partition coefficient (Wildman–Crippen LogP) is 3.37. The van der Waals surface area contributed by atoms with Crippen molar-refractivity contribution in [1.82, 2.24) is 5.32 Å². The lowest BCUT2D eigenvalue weighted by Gasteiger charge is -2.34. The van der Waals surface area contributed by atoms with E-state index in [1.54, 1.807) is 10.4 Å². The first-order valence-corrected chi connectivity index (χ1v) is 7.59. The van der Waals surface area contributed by atoms with Crippen LogP contribution in [0.2, 0.25) is 0 Å². The minimum Gasteiger partial charge on any atom is -0.309 e. The number of fused-ring (bicyclic) bond motifs is 3. The van der Waals surface area contributed by atoms with Crippen LogP contribution in [0.25, 0.3) is 0 Å². The Balaban J connectivity index is 1.65. The van der Waals surface area contributed by atoms with Crippen LogP contribution >= 0.6 is 11.3 Å². The van der Waals surface area contributed by atoms with Crippen molar-refractivity contribution in [1.29, 1.82) is 0 Å². The van der Waals surface area contributed by atoms with Crippen molar-refractivity contribution in [3.05, 3.63) is 21.9 Å². The second-order valence-corrected chi connectivity index (χ2v) is 6.78. The number of rotatable bonds is 1. The molecule has 2 aliphatic carbocycles. The molecule has 1 aromatic heterocycles. The molecular formula is C14H19NS. The minimum atomic E-state index is 0.707. The molecule has 86 valence electrons. The van der Waals surface area contributed by atoms with Crippen LogP contribution in [0.3, 0.4) is 0 Å². The van der Waals surface area contributed by atoms with Gasteiger partial charge in [0, 0.05) is 10.9 Å². The van der Waals surface area contributed by atoms with E-state index in [9.17, 15) is 0 Å². The molecule has 2 fully saturated rings. The van der Waals surface area contributed by atoms with Gasteiger partial charge in [-0.3, -0.25) is 0 Å². The van der Waals surface area contributed by atoms with Gasteiger partial charge < -0.3 is 5.32 Å². The Bertz CT molecular complexity index is 397. The molecule has 2 saturated carbocycles. The van der Waals surface area contributed by atoms with Crippen LogP contribution in [0.15, 0.2) is 11.4 Å². The number of nitrogens with one attached hydrogen (secondary N) is 1. The standard InChI is InChI=1S/C14H19NS/c1-2-11-7-9(1)8-12(11)13-14-10(3-5-15-13)4-6-16-14/h4,6,9,11-13,15H,1-3,5,7-8H2. The highest BCUT2D eigenvalue weighted by Gasteiger charge is 2.44. The van der Waals surface area contributed by atoms with E-state index in [0.29, 0.717) is 6.04 Å². The van der Waals surface area contributed by atoms with Gasteiger partial charge in [-0.1, -0.05) is 6.42 Å². The highest BCUT2D eigenvalue weighted by atomic mass is 32.1. The van der Waals surface area contributed by atoms with E-state index in [1.165, 1.54) is 38.6 Å². The zero-order chi connectivity index (χ0) is 10.5. The number of thiophene rings is 1. The Morgan fingerprint density at radius 3 is 3.06 bits per heavy atom. The quantitative estimate of drug-likeness (QED) is 0.784. The Kier molecular flexibility index (Phi) is 2.16. The summed E-state index contributed by atoms with van der Waals surface area (Å²) >= 11 is 1.99. The summed E-state index contributed by atoms with van der Waals surface area (Å²) in [6, 6.07) is 3.06.